The van der Waals surface area contributed by atoms with Crippen molar-refractivity contribution in [3.8, 4) is 11.5 Å². The highest BCUT2D eigenvalue weighted by Crippen LogP contribution is 2.32. The highest BCUT2D eigenvalue weighted by molar-refractivity contribution is 5.81. The van der Waals surface area contributed by atoms with E-state index < -0.39 is 5.82 Å². The predicted molar refractivity (Wildman–Crippen MR) is 60.1 cm³/mol. The van der Waals surface area contributed by atoms with E-state index in [1.165, 1.54) is 7.11 Å². The number of rotatable bonds is 6. The zero-order valence-corrected chi connectivity index (χ0v) is 10.0. The fourth-order valence-corrected chi connectivity index (χ4v) is 1.27. The molecule has 0 amide bonds. The Morgan fingerprint density at radius 3 is 2.65 bits per heavy atom. The van der Waals surface area contributed by atoms with E-state index in [1.807, 2.05) is 0 Å². The summed E-state index contributed by atoms with van der Waals surface area (Å²) in [6.45, 7) is 3.56. The number of hydrogen-bond acceptors (Lipinski definition) is 4. The van der Waals surface area contributed by atoms with Crippen LogP contribution in [-0.2, 0) is 4.74 Å². The lowest BCUT2D eigenvalue weighted by Crippen LogP contribution is -2.10. The van der Waals surface area contributed by atoms with Crippen LogP contribution in [0, 0.1) is 5.82 Å². The van der Waals surface area contributed by atoms with Crippen LogP contribution >= 0.6 is 0 Å². The molecule has 0 unspecified atom stereocenters. The van der Waals surface area contributed by atoms with Gasteiger partial charge in [0.15, 0.2) is 24.6 Å². The normalized spacial score (nSPS) is 10.4. The molecular weight excluding hydrogens is 227 g/mol. The maximum Gasteiger partial charge on any atom is 0.188 e. The second-order valence-corrected chi connectivity index (χ2v) is 3.66. The number of hydrogen-bond donors (Lipinski definition) is 0. The van der Waals surface area contributed by atoms with Crippen LogP contribution in [0.25, 0.3) is 0 Å². The van der Waals surface area contributed by atoms with Crippen molar-refractivity contribution in [2.24, 2.45) is 0 Å². The minimum atomic E-state index is -0.561. The molecule has 5 heteroatoms. The molecule has 1 rings (SSSR count). The predicted octanol–water partition coefficient (Wildman–Crippen LogP) is 2.41. The van der Waals surface area contributed by atoms with E-state index in [1.54, 1.807) is 13.8 Å². The highest BCUT2D eigenvalue weighted by Gasteiger charge is 2.15. The molecule has 0 spiro atoms. The third-order valence-electron chi connectivity index (χ3n) is 1.86. The van der Waals surface area contributed by atoms with Gasteiger partial charge < -0.3 is 14.2 Å². The van der Waals surface area contributed by atoms with Gasteiger partial charge in [0, 0.05) is 13.2 Å². The minimum Gasteiger partial charge on any atom is -0.486 e. The summed E-state index contributed by atoms with van der Waals surface area (Å²) in [6.07, 6.45) is 0.379. The van der Waals surface area contributed by atoms with E-state index in [-0.39, 0.29) is 30.0 Å². The Kier molecular flexibility index (Phi) is 4.90. The fourth-order valence-electron chi connectivity index (χ4n) is 1.27. The zero-order valence-electron chi connectivity index (χ0n) is 10.0. The van der Waals surface area contributed by atoms with Crippen molar-refractivity contribution < 1.29 is 23.4 Å². The van der Waals surface area contributed by atoms with E-state index in [0.29, 0.717) is 6.29 Å². The Labute approximate surface area is 99.3 Å². The molecule has 0 saturated carbocycles. The number of ether oxygens (including phenoxy) is 3. The van der Waals surface area contributed by atoms with Gasteiger partial charge in [-0.1, -0.05) is 0 Å². The lowest BCUT2D eigenvalue weighted by atomic mass is 10.2. The van der Waals surface area contributed by atoms with Gasteiger partial charge in [0.05, 0.1) is 11.7 Å². The summed E-state index contributed by atoms with van der Waals surface area (Å²) >= 11 is 0. The molecule has 4 nitrogen and oxygen atoms in total. The smallest absolute Gasteiger partial charge is 0.188 e. The fraction of sp³-hybridized carbons (Fsp3) is 0.417. The molecule has 94 valence electrons. The molecule has 0 atom stereocenters. The molecule has 0 aliphatic heterocycles. The molecule has 1 aromatic carbocycles. The molecular formula is C12H15FO4. The molecule has 0 aliphatic carbocycles. The van der Waals surface area contributed by atoms with E-state index in [0.717, 1.165) is 12.1 Å². The van der Waals surface area contributed by atoms with Crippen LogP contribution in [0.2, 0.25) is 0 Å². The van der Waals surface area contributed by atoms with Crippen LogP contribution in [0.1, 0.15) is 24.2 Å². The van der Waals surface area contributed by atoms with Gasteiger partial charge in [-0.3, -0.25) is 4.79 Å². The van der Waals surface area contributed by atoms with E-state index in [9.17, 15) is 9.18 Å². The van der Waals surface area contributed by atoms with Crippen LogP contribution in [0.3, 0.4) is 0 Å². The average molecular weight is 242 g/mol. The van der Waals surface area contributed by atoms with Gasteiger partial charge in [-0.25, -0.2) is 4.39 Å². The first-order chi connectivity index (χ1) is 8.08. The maximum absolute atomic E-state index is 13.2. The molecule has 0 N–H and O–H groups in total. The molecule has 17 heavy (non-hydrogen) atoms. The van der Waals surface area contributed by atoms with Crippen molar-refractivity contribution in [2.75, 3.05) is 13.9 Å². The van der Waals surface area contributed by atoms with E-state index in [2.05, 4.69) is 0 Å². The topological polar surface area (TPSA) is 44.8 Å². The van der Waals surface area contributed by atoms with Gasteiger partial charge in [0.2, 0.25) is 0 Å². The van der Waals surface area contributed by atoms with Crippen molar-refractivity contribution in [3.63, 3.8) is 0 Å². The molecule has 0 heterocycles. The Hall–Kier alpha value is -1.62. The van der Waals surface area contributed by atoms with Crippen molar-refractivity contribution >= 4 is 6.29 Å². The van der Waals surface area contributed by atoms with Crippen LogP contribution in [0.4, 0.5) is 4.39 Å². The summed E-state index contributed by atoms with van der Waals surface area (Å²) in [5.74, 6) is -0.176. The lowest BCUT2D eigenvalue weighted by Gasteiger charge is -2.16. The van der Waals surface area contributed by atoms with Crippen LogP contribution in [0.5, 0.6) is 11.5 Å². The molecule has 0 aliphatic rings. The van der Waals surface area contributed by atoms with Crippen LogP contribution in [0.15, 0.2) is 12.1 Å². The molecule has 0 fully saturated rings. The zero-order chi connectivity index (χ0) is 12.8. The van der Waals surface area contributed by atoms with Gasteiger partial charge in [-0.05, 0) is 19.9 Å². The molecule has 0 aromatic heterocycles. The Morgan fingerprint density at radius 2 is 2.12 bits per heavy atom. The summed E-state index contributed by atoms with van der Waals surface area (Å²) in [7, 11) is 1.45. The molecule has 0 saturated heterocycles. The average Bonchev–Trinajstić information content (AvgIpc) is 2.28. The monoisotopic (exact) mass is 242 g/mol. The quantitative estimate of drug-likeness (QED) is 0.567. The van der Waals surface area contributed by atoms with E-state index in [4.69, 9.17) is 14.2 Å². The first-order valence-corrected chi connectivity index (χ1v) is 5.15. The number of carbonyl (C=O) groups is 1. The van der Waals surface area contributed by atoms with Crippen molar-refractivity contribution in [1.29, 1.82) is 0 Å². The maximum atomic E-state index is 13.2. The number of aldehydes is 1. The summed E-state index contributed by atoms with van der Waals surface area (Å²) in [4.78, 5) is 10.9. The molecule has 0 radical (unpaired) electrons. The minimum absolute atomic E-state index is 0.0454. The van der Waals surface area contributed by atoms with Crippen molar-refractivity contribution in [1.82, 2.24) is 0 Å². The first-order valence-electron chi connectivity index (χ1n) is 5.15. The second-order valence-electron chi connectivity index (χ2n) is 3.66. The third kappa shape index (κ3) is 3.71. The van der Waals surface area contributed by atoms with Crippen molar-refractivity contribution in [3.05, 3.63) is 23.5 Å². The SMILES string of the molecule is COCOc1cc(F)cc(C=O)c1OC(C)C. The largest absolute Gasteiger partial charge is 0.486 e. The number of halogens is 1. The first kappa shape index (κ1) is 13.4. The number of methoxy groups -OCH3 is 1. The Bertz CT molecular complexity index is 390. The van der Waals surface area contributed by atoms with Crippen molar-refractivity contribution in [2.45, 2.75) is 20.0 Å². The summed E-state index contributed by atoms with van der Waals surface area (Å²) in [6, 6.07) is 2.26. The standard InChI is InChI=1S/C12H15FO4/c1-8(2)17-12-9(6-14)4-10(13)5-11(12)16-7-15-3/h4-6,8H,7H2,1-3H3. The van der Waals surface area contributed by atoms with Gasteiger partial charge in [0.25, 0.3) is 0 Å². The Balaban J connectivity index is 3.13. The summed E-state index contributed by atoms with van der Waals surface area (Å²) in [5.41, 5.74) is 0.116. The van der Waals surface area contributed by atoms with Gasteiger partial charge in [-0.2, -0.15) is 0 Å². The lowest BCUT2D eigenvalue weighted by molar-refractivity contribution is 0.0473. The van der Waals surface area contributed by atoms with Crippen LogP contribution in [-0.4, -0.2) is 26.3 Å². The summed E-state index contributed by atoms with van der Waals surface area (Å²) in [5, 5.41) is 0. The van der Waals surface area contributed by atoms with Gasteiger partial charge in [-0.15, -0.1) is 0 Å². The number of benzene rings is 1. The molecule has 0 bridgehead atoms. The van der Waals surface area contributed by atoms with Crippen LogP contribution < -0.4 is 9.47 Å². The van der Waals surface area contributed by atoms with E-state index >= 15 is 0 Å². The Morgan fingerprint density at radius 1 is 1.41 bits per heavy atom. The highest BCUT2D eigenvalue weighted by atomic mass is 19.1. The third-order valence-corrected chi connectivity index (χ3v) is 1.86. The summed E-state index contributed by atoms with van der Waals surface area (Å²) < 4.78 is 28.6. The van der Waals surface area contributed by atoms with Gasteiger partial charge in [0.1, 0.15) is 5.82 Å². The second kappa shape index (κ2) is 6.20. The number of carbonyl (C=O) groups excluding carboxylic acids is 1. The molecule has 1 aromatic rings. The van der Waals surface area contributed by atoms with Gasteiger partial charge >= 0.3 is 0 Å².